The van der Waals surface area contributed by atoms with Gasteiger partial charge in [0, 0.05) is 29.9 Å². The summed E-state index contributed by atoms with van der Waals surface area (Å²) < 4.78 is 11.3. The minimum absolute atomic E-state index is 0.151. The number of para-hydroxylation sites is 1. The van der Waals surface area contributed by atoms with Gasteiger partial charge in [-0.2, -0.15) is 0 Å². The van der Waals surface area contributed by atoms with Gasteiger partial charge in [-0.15, -0.1) is 0 Å². The molecule has 4 nitrogen and oxygen atoms in total. The fourth-order valence-corrected chi connectivity index (χ4v) is 2.51. The topological polar surface area (TPSA) is 57.4 Å². The monoisotopic (exact) mass is 284 g/mol. The quantitative estimate of drug-likeness (QED) is 0.937. The van der Waals surface area contributed by atoms with Gasteiger partial charge in [0.05, 0.1) is 0 Å². The zero-order valence-corrected chi connectivity index (χ0v) is 12.2. The van der Waals surface area contributed by atoms with E-state index in [0.717, 1.165) is 29.2 Å². The minimum Gasteiger partial charge on any atom is -0.486 e. The van der Waals surface area contributed by atoms with Gasteiger partial charge in [0.15, 0.2) is 11.5 Å². The molecule has 1 aromatic heterocycles. The number of benzene rings is 1. The van der Waals surface area contributed by atoms with E-state index in [1.165, 1.54) is 5.56 Å². The molecule has 1 aliphatic rings. The van der Waals surface area contributed by atoms with Gasteiger partial charge in [0.25, 0.3) is 0 Å². The molecule has 110 valence electrons. The molecule has 1 atom stereocenters. The molecule has 0 saturated heterocycles. The average Bonchev–Trinajstić information content (AvgIpc) is 2.55. The first-order valence-electron chi connectivity index (χ1n) is 7.36. The Balaban J connectivity index is 1.80. The van der Waals surface area contributed by atoms with Gasteiger partial charge in [0.1, 0.15) is 13.2 Å². The maximum absolute atomic E-state index is 6.35. The van der Waals surface area contributed by atoms with Crippen LogP contribution in [0.15, 0.2) is 36.5 Å². The maximum atomic E-state index is 6.35. The molecule has 0 spiro atoms. The van der Waals surface area contributed by atoms with E-state index in [0.29, 0.717) is 19.6 Å². The fraction of sp³-hybridized carbons (Fsp3) is 0.353. The lowest BCUT2D eigenvalue weighted by molar-refractivity contribution is 0.169. The van der Waals surface area contributed by atoms with Crippen molar-refractivity contribution in [2.24, 2.45) is 5.73 Å². The summed E-state index contributed by atoms with van der Waals surface area (Å²) in [6.45, 7) is 3.28. The van der Waals surface area contributed by atoms with Crippen molar-refractivity contribution in [1.29, 1.82) is 0 Å². The van der Waals surface area contributed by atoms with E-state index >= 15 is 0 Å². The summed E-state index contributed by atoms with van der Waals surface area (Å²) in [5, 5.41) is 0. The number of aryl methyl sites for hydroxylation is 1. The van der Waals surface area contributed by atoms with Crippen LogP contribution < -0.4 is 15.2 Å². The predicted molar refractivity (Wildman–Crippen MR) is 81.7 cm³/mol. The first-order valence-corrected chi connectivity index (χ1v) is 7.36. The molecule has 2 N–H and O–H groups in total. The van der Waals surface area contributed by atoms with Gasteiger partial charge in [-0.05, 0) is 24.1 Å². The number of aromatic nitrogens is 1. The lowest BCUT2D eigenvalue weighted by Crippen LogP contribution is -2.20. The molecule has 0 bridgehead atoms. The molecule has 0 radical (unpaired) electrons. The summed E-state index contributed by atoms with van der Waals surface area (Å²) in [5.74, 6) is 1.56. The van der Waals surface area contributed by atoms with Crippen LogP contribution >= 0.6 is 0 Å². The summed E-state index contributed by atoms with van der Waals surface area (Å²) in [4.78, 5) is 4.48. The van der Waals surface area contributed by atoms with Crippen LogP contribution in [0.4, 0.5) is 0 Å². The highest BCUT2D eigenvalue weighted by molar-refractivity contribution is 5.49. The van der Waals surface area contributed by atoms with Crippen LogP contribution in [0.2, 0.25) is 0 Å². The lowest BCUT2D eigenvalue weighted by Gasteiger charge is -2.23. The normalized spacial score (nSPS) is 14.8. The summed E-state index contributed by atoms with van der Waals surface area (Å²) in [7, 11) is 0. The summed E-state index contributed by atoms with van der Waals surface area (Å²) >= 11 is 0. The van der Waals surface area contributed by atoms with E-state index in [1.54, 1.807) is 0 Å². The number of hydrogen-bond donors (Lipinski definition) is 1. The van der Waals surface area contributed by atoms with Crippen molar-refractivity contribution in [3.63, 3.8) is 0 Å². The molecule has 0 fully saturated rings. The molecule has 21 heavy (non-hydrogen) atoms. The average molecular weight is 284 g/mol. The molecule has 1 aromatic carbocycles. The van der Waals surface area contributed by atoms with E-state index < -0.39 is 0 Å². The van der Waals surface area contributed by atoms with Crippen molar-refractivity contribution in [3.8, 4) is 11.5 Å². The number of rotatable bonds is 4. The van der Waals surface area contributed by atoms with Gasteiger partial charge in [-0.1, -0.05) is 25.1 Å². The molecule has 4 heteroatoms. The van der Waals surface area contributed by atoms with Gasteiger partial charge < -0.3 is 15.2 Å². The fourth-order valence-electron chi connectivity index (χ4n) is 2.51. The van der Waals surface area contributed by atoms with Crippen LogP contribution in [-0.4, -0.2) is 18.2 Å². The molecule has 3 rings (SSSR count). The SMILES string of the molecule is CCc1ccc(CC(N)c2cccc3c2OCCO3)nc1. The summed E-state index contributed by atoms with van der Waals surface area (Å²) in [6, 6.07) is 9.87. The second-order valence-corrected chi connectivity index (χ2v) is 5.19. The van der Waals surface area contributed by atoms with Crippen LogP contribution in [0.25, 0.3) is 0 Å². The van der Waals surface area contributed by atoms with Crippen molar-refractivity contribution >= 4 is 0 Å². The maximum Gasteiger partial charge on any atom is 0.166 e. The highest BCUT2D eigenvalue weighted by atomic mass is 16.6. The van der Waals surface area contributed by atoms with Crippen LogP contribution in [0.5, 0.6) is 11.5 Å². The van der Waals surface area contributed by atoms with Crippen molar-refractivity contribution in [1.82, 2.24) is 4.98 Å². The van der Waals surface area contributed by atoms with Gasteiger partial charge in [-0.25, -0.2) is 0 Å². The largest absolute Gasteiger partial charge is 0.486 e. The number of nitrogens with two attached hydrogens (primary N) is 1. The predicted octanol–water partition coefficient (Wildman–Crippen LogP) is 2.66. The van der Waals surface area contributed by atoms with E-state index in [2.05, 4.69) is 18.0 Å². The number of pyridine rings is 1. The Morgan fingerprint density at radius 2 is 2.05 bits per heavy atom. The standard InChI is InChI=1S/C17H20N2O2/c1-2-12-6-7-13(19-11-12)10-15(18)14-4-3-5-16-17(14)21-9-8-20-16/h3-7,11,15H,2,8-10,18H2,1H3. The van der Waals surface area contributed by atoms with Crippen molar-refractivity contribution in [3.05, 3.63) is 53.3 Å². The van der Waals surface area contributed by atoms with Gasteiger partial charge in [-0.3, -0.25) is 4.98 Å². The Morgan fingerprint density at radius 3 is 2.81 bits per heavy atom. The molecule has 0 amide bonds. The highest BCUT2D eigenvalue weighted by Gasteiger charge is 2.20. The zero-order chi connectivity index (χ0) is 14.7. The van der Waals surface area contributed by atoms with Crippen LogP contribution in [0.1, 0.15) is 29.8 Å². The number of hydrogen-bond acceptors (Lipinski definition) is 4. The molecule has 0 aliphatic carbocycles. The Hall–Kier alpha value is -2.07. The lowest BCUT2D eigenvalue weighted by atomic mass is 10.0. The molecular formula is C17H20N2O2. The van der Waals surface area contributed by atoms with Crippen LogP contribution in [0.3, 0.4) is 0 Å². The van der Waals surface area contributed by atoms with Crippen molar-refractivity contribution < 1.29 is 9.47 Å². The Bertz CT molecular complexity index is 611. The first kappa shape index (κ1) is 13.9. The third kappa shape index (κ3) is 3.00. The molecule has 0 saturated carbocycles. The van der Waals surface area contributed by atoms with Gasteiger partial charge >= 0.3 is 0 Å². The highest BCUT2D eigenvalue weighted by Crippen LogP contribution is 2.36. The van der Waals surface area contributed by atoms with Crippen LogP contribution in [0, 0.1) is 0 Å². The molecule has 2 aromatic rings. The van der Waals surface area contributed by atoms with E-state index in [-0.39, 0.29) is 6.04 Å². The molecule has 1 aliphatic heterocycles. The minimum atomic E-state index is -0.151. The zero-order valence-electron chi connectivity index (χ0n) is 12.2. The molecular weight excluding hydrogens is 264 g/mol. The Labute approximate surface area is 124 Å². The Kier molecular flexibility index (Phi) is 4.06. The Morgan fingerprint density at radius 1 is 1.19 bits per heavy atom. The summed E-state index contributed by atoms with van der Waals surface area (Å²) in [5.41, 5.74) is 9.56. The van der Waals surface area contributed by atoms with E-state index in [4.69, 9.17) is 15.2 Å². The third-order valence-electron chi connectivity index (χ3n) is 3.72. The number of nitrogens with zero attached hydrogens (tertiary/aromatic N) is 1. The second kappa shape index (κ2) is 6.14. The number of fused-ring (bicyclic) bond motifs is 1. The third-order valence-corrected chi connectivity index (χ3v) is 3.72. The van der Waals surface area contributed by atoms with Crippen molar-refractivity contribution in [2.45, 2.75) is 25.8 Å². The molecule has 2 heterocycles. The first-order chi connectivity index (χ1) is 10.3. The van der Waals surface area contributed by atoms with E-state index in [9.17, 15) is 0 Å². The van der Waals surface area contributed by atoms with Crippen LogP contribution in [-0.2, 0) is 12.8 Å². The molecule has 1 unspecified atom stereocenters. The second-order valence-electron chi connectivity index (χ2n) is 5.19. The number of ether oxygens (including phenoxy) is 2. The van der Waals surface area contributed by atoms with E-state index in [1.807, 2.05) is 30.5 Å². The van der Waals surface area contributed by atoms with Gasteiger partial charge in [0.2, 0.25) is 0 Å². The smallest absolute Gasteiger partial charge is 0.166 e. The van der Waals surface area contributed by atoms with Crippen molar-refractivity contribution in [2.75, 3.05) is 13.2 Å². The summed E-state index contributed by atoms with van der Waals surface area (Å²) in [6.07, 6.45) is 3.60.